The van der Waals surface area contributed by atoms with Gasteiger partial charge in [-0.3, -0.25) is 4.68 Å². The monoisotopic (exact) mass is 275 g/mol. The summed E-state index contributed by atoms with van der Waals surface area (Å²) in [6, 6.07) is 0. The van der Waals surface area contributed by atoms with Crippen molar-refractivity contribution >= 4 is 17.3 Å². The normalized spacial score (nSPS) is 10.9. The van der Waals surface area contributed by atoms with E-state index in [1.54, 1.807) is 4.68 Å². The largest absolute Gasteiger partial charge is 0.337 e. The summed E-state index contributed by atoms with van der Waals surface area (Å²) in [6.45, 7) is 6.26. The first-order chi connectivity index (χ1) is 9.56. The van der Waals surface area contributed by atoms with Gasteiger partial charge >= 0.3 is 0 Å². The Kier molecular flexibility index (Phi) is 4.19. The number of nitrogens with one attached hydrogen (secondary N) is 2. The molecule has 0 saturated heterocycles. The van der Waals surface area contributed by atoms with Crippen molar-refractivity contribution in [2.45, 2.75) is 33.1 Å². The second-order valence-electron chi connectivity index (χ2n) is 4.93. The van der Waals surface area contributed by atoms with E-state index in [9.17, 15) is 0 Å². The lowest BCUT2D eigenvalue weighted by molar-refractivity contribution is 0.713. The number of hydrogen-bond acceptors (Lipinski definition) is 6. The van der Waals surface area contributed by atoms with Crippen molar-refractivity contribution < 1.29 is 0 Å². The van der Waals surface area contributed by atoms with E-state index in [0.29, 0.717) is 11.7 Å². The molecule has 0 amide bonds. The zero-order valence-electron chi connectivity index (χ0n) is 12.3. The molecule has 0 atom stereocenters. The van der Waals surface area contributed by atoms with Gasteiger partial charge in [0.2, 0.25) is 0 Å². The quantitative estimate of drug-likeness (QED) is 0.570. The maximum atomic E-state index is 5.49. The number of aryl methyl sites for hydroxylation is 1. The Morgan fingerprint density at radius 3 is 2.60 bits per heavy atom. The lowest BCUT2D eigenvalue weighted by Crippen LogP contribution is -2.13. The van der Waals surface area contributed by atoms with Crippen molar-refractivity contribution in [3.05, 3.63) is 23.8 Å². The van der Waals surface area contributed by atoms with Crippen LogP contribution in [0.1, 0.15) is 37.9 Å². The first-order valence-corrected chi connectivity index (χ1v) is 6.67. The fourth-order valence-electron chi connectivity index (χ4n) is 2.14. The van der Waals surface area contributed by atoms with Gasteiger partial charge in [-0.05, 0) is 12.3 Å². The van der Waals surface area contributed by atoms with Gasteiger partial charge < -0.3 is 10.7 Å². The Labute approximate surface area is 118 Å². The van der Waals surface area contributed by atoms with E-state index in [4.69, 9.17) is 5.84 Å². The van der Waals surface area contributed by atoms with Gasteiger partial charge in [0.15, 0.2) is 0 Å². The van der Waals surface area contributed by atoms with Crippen LogP contribution >= 0.6 is 0 Å². The van der Waals surface area contributed by atoms with Crippen LogP contribution in [0.3, 0.4) is 0 Å². The summed E-state index contributed by atoms with van der Waals surface area (Å²) in [7, 11) is 1.91. The SMILES string of the molecule is CCc1c(NN)ncnc1Nc1cn(C)nc1C(C)C. The van der Waals surface area contributed by atoms with Crippen molar-refractivity contribution in [3.63, 3.8) is 0 Å². The van der Waals surface area contributed by atoms with Gasteiger partial charge in [0, 0.05) is 18.8 Å². The molecule has 2 aromatic heterocycles. The first-order valence-electron chi connectivity index (χ1n) is 6.67. The summed E-state index contributed by atoms with van der Waals surface area (Å²) in [5, 5.41) is 7.81. The first kappa shape index (κ1) is 14.3. The smallest absolute Gasteiger partial charge is 0.148 e. The molecule has 0 aliphatic heterocycles. The van der Waals surface area contributed by atoms with E-state index < -0.39 is 0 Å². The van der Waals surface area contributed by atoms with Crippen LogP contribution < -0.4 is 16.6 Å². The van der Waals surface area contributed by atoms with Crippen molar-refractivity contribution in [2.75, 3.05) is 10.7 Å². The molecule has 0 aliphatic rings. The van der Waals surface area contributed by atoms with Crippen LogP contribution in [-0.2, 0) is 13.5 Å². The molecular weight excluding hydrogens is 254 g/mol. The highest BCUT2D eigenvalue weighted by Crippen LogP contribution is 2.28. The average molecular weight is 275 g/mol. The number of nitrogens with two attached hydrogens (primary N) is 1. The minimum atomic E-state index is 0.331. The second kappa shape index (κ2) is 5.87. The van der Waals surface area contributed by atoms with Crippen LogP contribution in [0.5, 0.6) is 0 Å². The van der Waals surface area contributed by atoms with Gasteiger partial charge in [-0.15, -0.1) is 0 Å². The van der Waals surface area contributed by atoms with E-state index in [1.807, 2.05) is 20.2 Å². The standard InChI is InChI=1S/C13H21N7/c1-5-9-12(15-7-16-13(9)18-14)17-10-6-20(4)19-11(10)8(2)3/h6-8H,5,14H2,1-4H3,(H2,15,16,17,18). The van der Waals surface area contributed by atoms with Gasteiger partial charge in [-0.2, -0.15) is 5.10 Å². The maximum Gasteiger partial charge on any atom is 0.148 e. The third kappa shape index (κ3) is 2.72. The van der Waals surface area contributed by atoms with Gasteiger partial charge in [0.25, 0.3) is 0 Å². The molecule has 7 heteroatoms. The van der Waals surface area contributed by atoms with Crippen LogP contribution in [0.4, 0.5) is 17.3 Å². The summed E-state index contributed by atoms with van der Waals surface area (Å²) in [5.41, 5.74) is 5.52. The number of nitrogen functional groups attached to an aromatic ring is 1. The van der Waals surface area contributed by atoms with Crippen molar-refractivity contribution in [3.8, 4) is 0 Å². The number of aromatic nitrogens is 4. The van der Waals surface area contributed by atoms with Crippen molar-refractivity contribution in [1.82, 2.24) is 19.7 Å². The Morgan fingerprint density at radius 1 is 1.30 bits per heavy atom. The lowest BCUT2D eigenvalue weighted by Gasteiger charge is -2.13. The average Bonchev–Trinajstić information content (AvgIpc) is 2.79. The predicted octanol–water partition coefficient (Wildman–Crippen LogP) is 1.93. The molecule has 0 saturated carbocycles. The molecule has 0 bridgehead atoms. The van der Waals surface area contributed by atoms with Gasteiger partial charge in [0.05, 0.1) is 11.4 Å². The summed E-state index contributed by atoms with van der Waals surface area (Å²) >= 11 is 0. The molecular formula is C13H21N7. The Bertz CT molecular complexity index is 588. The van der Waals surface area contributed by atoms with Crippen LogP contribution in [0.25, 0.3) is 0 Å². The molecule has 0 aromatic carbocycles. The van der Waals surface area contributed by atoms with Crippen LogP contribution in [-0.4, -0.2) is 19.7 Å². The zero-order chi connectivity index (χ0) is 14.7. The van der Waals surface area contributed by atoms with E-state index >= 15 is 0 Å². The van der Waals surface area contributed by atoms with Gasteiger partial charge in [-0.1, -0.05) is 20.8 Å². The van der Waals surface area contributed by atoms with Crippen LogP contribution in [0.15, 0.2) is 12.5 Å². The summed E-state index contributed by atoms with van der Waals surface area (Å²) in [6.07, 6.45) is 4.22. The van der Waals surface area contributed by atoms with Crippen molar-refractivity contribution in [1.29, 1.82) is 0 Å². The topological polar surface area (TPSA) is 93.7 Å². The van der Waals surface area contributed by atoms with Gasteiger partial charge in [-0.25, -0.2) is 15.8 Å². The summed E-state index contributed by atoms with van der Waals surface area (Å²) < 4.78 is 1.80. The minimum absolute atomic E-state index is 0.331. The molecule has 108 valence electrons. The fourth-order valence-corrected chi connectivity index (χ4v) is 2.14. The number of nitrogens with zero attached hydrogens (tertiary/aromatic N) is 4. The minimum Gasteiger partial charge on any atom is -0.337 e. The second-order valence-corrected chi connectivity index (χ2v) is 4.93. The number of hydrazine groups is 1. The molecule has 20 heavy (non-hydrogen) atoms. The third-order valence-corrected chi connectivity index (χ3v) is 3.09. The Hall–Kier alpha value is -2.15. The predicted molar refractivity (Wildman–Crippen MR) is 79.8 cm³/mol. The number of rotatable bonds is 5. The number of hydrogen-bond donors (Lipinski definition) is 3. The van der Waals surface area contributed by atoms with Gasteiger partial charge in [0.1, 0.15) is 18.0 Å². The molecule has 7 nitrogen and oxygen atoms in total. The molecule has 4 N–H and O–H groups in total. The molecule has 0 fully saturated rings. The molecule has 0 radical (unpaired) electrons. The van der Waals surface area contributed by atoms with Crippen LogP contribution in [0, 0.1) is 0 Å². The molecule has 2 aromatic rings. The highest BCUT2D eigenvalue weighted by atomic mass is 15.3. The van der Waals surface area contributed by atoms with Crippen molar-refractivity contribution in [2.24, 2.45) is 12.9 Å². The van der Waals surface area contributed by atoms with E-state index in [1.165, 1.54) is 6.33 Å². The van der Waals surface area contributed by atoms with Crippen LogP contribution in [0.2, 0.25) is 0 Å². The summed E-state index contributed by atoms with van der Waals surface area (Å²) in [4.78, 5) is 8.43. The van der Waals surface area contributed by atoms with E-state index in [2.05, 4.69) is 39.7 Å². The summed E-state index contributed by atoms with van der Waals surface area (Å²) in [5.74, 6) is 7.21. The zero-order valence-corrected chi connectivity index (χ0v) is 12.3. The molecule has 0 aliphatic carbocycles. The lowest BCUT2D eigenvalue weighted by atomic mass is 10.1. The fraction of sp³-hybridized carbons (Fsp3) is 0.462. The molecule has 0 spiro atoms. The molecule has 0 unspecified atom stereocenters. The molecule has 2 heterocycles. The highest BCUT2D eigenvalue weighted by molar-refractivity contribution is 5.65. The molecule has 2 rings (SSSR count). The Balaban J connectivity index is 2.40. The highest BCUT2D eigenvalue weighted by Gasteiger charge is 2.15. The van der Waals surface area contributed by atoms with E-state index in [0.717, 1.165) is 29.2 Å². The van der Waals surface area contributed by atoms with E-state index in [-0.39, 0.29) is 0 Å². The maximum absolute atomic E-state index is 5.49. The third-order valence-electron chi connectivity index (χ3n) is 3.09. The Morgan fingerprint density at radius 2 is 2.00 bits per heavy atom. The number of anilines is 3.